The van der Waals surface area contributed by atoms with Crippen molar-refractivity contribution in [1.82, 2.24) is 5.32 Å². The van der Waals surface area contributed by atoms with Crippen LogP contribution >= 0.6 is 34.5 Å². The van der Waals surface area contributed by atoms with Crippen LogP contribution in [-0.2, 0) is 4.79 Å². The first kappa shape index (κ1) is 13.6. The summed E-state index contributed by atoms with van der Waals surface area (Å²) in [5.41, 5.74) is 0.308. The summed E-state index contributed by atoms with van der Waals surface area (Å²) in [4.78, 5) is 23.0. The molecule has 0 spiro atoms. The number of carbonyl (C=O) groups excluding carboxylic acids is 1. The van der Waals surface area contributed by atoms with E-state index in [4.69, 9.17) is 28.3 Å². The van der Waals surface area contributed by atoms with Crippen LogP contribution in [0.15, 0.2) is 6.07 Å². The molecule has 1 heterocycles. The van der Waals surface area contributed by atoms with Gasteiger partial charge < -0.3 is 10.4 Å². The minimum Gasteiger partial charge on any atom is -0.481 e. The maximum absolute atomic E-state index is 12.0. The van der Waals surface area contributed by atoms with Crippen molar-refractivity contribution >= 4 is 46.4 Å². The van der Waals surface area contributed by atoms with E-state index < -0.39 is 11.9 Å². The predicted molar refractivity (Wildman–Crippen MR) is 70.6 cm³/mol. The molecule has 0 unspecified atom stereocenters. The van der Waals surface area contributed by atoms with E-state index in [9.17, 15) is 9.59 Å². The highest BCUT2D eigenvalue weighted by Gasteiger charge is 2.34. The molecule has 1 aliphatic rings. The summed E-state index contributed by atoms with van der Waals surface area (Å²) in [6.45, 7) is 0. The average molecular weight is 308 g/mol. The minimum absolute atomic E-state index is 0.308. The Labute approximate surface area is 118 Å². The summed E-state index contributed by atoms with van der Waals surface area (Å²) in [7, 11) is 0. The van der Waals surface area contributed by atoms with Gasteiger partial charge in [-0.05, 0) is 18.9 Å². The average Bonchev–Trinajstić information content (AvgIpc) is 2.85. The highest BCUT2D eigenvalue weighted by Crippen LogP contribution is 2.32. The normalized spacial score (nSPS) is 23.0. The maximum atomic E-state index is 12.0. The van der Waals surface area contributed by atoms with Crippen LogP contribution in [0.25, 0.3) is 0 Å². The van der Waals surface area contributed by atoms with Crippen molar-refractivity contribution in [2.75, 3.05) is 0 Å². The first-order chi connectivity index (χ1) is 8.49. The number of rotatable bonds is 3. The predicted octanol–water partition coefficient (Wildman–Crippen LogP) is 3.04. The molecule has 1 aromatic rings. The van der Waals surface area contributed by atoms with Gasteiger partial charge in [0.1, 0.15) is 4.34 Å². The largest absolute Gasteiger partial charge is 0.481 e. The lowest BCUT2D eigenvalue weighted by Crippen LogP contribution is -2.40. The molecule has 0 radical (unpaired) electrons. The van der Waals surface area contributed by atoms with Crippen molar-refractivity contribution in [3.63, 3.8) is 0 Å². The van der Waals surface area contributed by atoms with Crippen LogP contribution in [0.3, 0.4) is 0 Å². The summed E-state index contributed by atoms with van der Waals surface area (Å²) in [6.07, 6.45) is 2.08. The number of thiophene rings is 1. The molecule has 0 aliphatic heterocycles. The molecule has 2 rings (SSSR count). The summed E-state index contributed by atoms with van der Waals surface area (Å²) in [5, 5.41) is 11.8. The summed E-state index contributed by atoms with van der Waals surface area (Å²) in [6, 6.07) is 1.17. The Hall–Kier alpha value is -0.780. The molecule has 1 amide bonds. The second kappa shape index (κ2) is 5.47. The third-order valence-electron chi connectivity index (χ3n) is 3.05. The number of carboxylic acids is 1. The number of carbonyl (C=O) groups is 2. The fourth-order valence-electron chi connectivity index (χ4n) is 2.17. The molecule has 2 N–H and O–H groups in total. The van der Waals surface area contributed by atoms with Gasteiger partial charge in [-0.2, -0.15) is 0 Å². The molecule has 1 saturated carbocycles. The van der Waals surface area contributed by atoms with Gasteiger partial charge in [-0.1, -0.05) is 29.6 Å². The Kier molecular flexibility index (Phi) is 4.14. The third-order valence-corrected chi connectivity index (χ3v) is 4.54. The van der Waals surface area contributed by atoms with Gasteiger partial charge in [0.2, 0.25) is 0 Å². The zero-order chi connectivity index (χ0) is 13.3. The van der Waals surface area contributed by atoms with E-state index in [1.165, 1.54) is 6.07 Å². The lowest BCUT2D eigenvalue weighted by Gasteiger charge is -2.17. The van der Waals surface area contributed by atoms with Crippen molar-refractivity contribution < 1.29 is 14.7 Å². The highest BCUT2D eigenvalue weighted by atomic mass is 35.5. The van der Waals surface area contributed by atoms with Gasteiger partial charge in [-0.3, -0.25) is 9.59 Å². The van der Waals surface area contributed by atoms with Crippen LogP contribution in [0.5, 0.6) is 0 Å². The van der Waals surface area contributed by atoms with E-state index in [2.05, 4.69) is 5.32 Å². The Morgan fingerprint density at radius 1 is 1.39 bits per heavy atom. The quantitative estimate of drug-likeness (QED) is 0.902. The van der Waals surface area contributed by atoms with Gasteiger partial charge in [0, 0.05) is 6.04 Å². The van der Waals surface area contributed by atoms with Crippen LogP contribution in [0.2, 0.25) is 8.67 Å². The first-order valence-electron chi connectivity index (χ1n) is 5.47. The van der Waals surface area contributed by atoms with E-state index in [-0.39, 0.29) is 11.9 Å². The molecule has 0 aromatic carbocycles. The molecule has 18 heavy (non-hydrogen) atoms. The first-order valence-corrected chi connectivity index (χ1v) is 7.05. The Morgan fingerprint density at radius 3 is 2.67 bits per heavy atom. The zero-order valence-electron chi connectivity index (χ0n) is 9.28. The second-order valence-corrected chi connectivity index (χ2v) is 6.48. The van der Waals surface area contributed by atoms with Gasteiger partial charge in [0.15, 0.2) is 0 Å². The molecule has 1 aromatic heterocycles. The van der Waals surface area contributed by atoms with Crippen molar-refractivity contribution in [3.05, 3.63) is 20.3 Å². The van der Waals surface area contributed by atoms with Gasteiger partial charge >= 0.3 is 5.97 Å². The minimum atomic E-state index is -0.868. The second-order valence-electron chi connectivity index (χ2n) is 4.19. The molecule has 1 fully saturated rings. The number of halogens is 2. The summed E-state index contributed by atoms with van der Waals surface area (Å²) < 4.78 is 0.758. The van der Waals surface area contributed by atoms with Crippen molar-refractivity contribution in [2.45, 2.75) is 25.3 Å². The fraction of sp³-hybridized carbons (Fsp3) is 0.455. The molecule has 2 atom stereocenters. The standard InChI is InChI=1S/C11H11Cl2NO3S/c12-8-4-6(9(13)18-8)10(15)14-7-3-1-2-5(7)11(16)17/h4-5,7H,1-3H2,(H,14,15)(H,16,17)/t5-,7+/m1/s1. The smallest absolute Gasteiger partial charge is 0.308 e. The van der Waals surface area contributed by atoms with E-state index in [0.29, 0.717) is 27.1 Å². The van der Waals surface area contributed by atoms with E-state index in [1.807, 2.05) is 0 Å². The molecule has 98 valence electrons. The van der Waals surface area contributed by atoms with Crippen molar-refractivity contribution in [2.24, 2.45) is 5.92 Å². The van der Waals surface area contributed by atoms with Crippen LogP contribution in [0.1, 0.15) is 29.6 Å². The highest BCUT2D eigenvalue weighted by molar-refractivity contribution is 7.20. The van der Waals surface area contributed by atoms with E-state index in [1.54, 1.807) is 0 Å². The van der Waals surface area contributed by atoms with Crippen LogP contribution in [0.4, 0.5) is 0 Å². The SMILES string of the molecule is O=C(N[C@H]1CCC[C@H]1C(=O)O)c1cc(Cl)sc1Cl. The number of hydrogen-bond acceptors (Lipinski definition) is 3. The van der Waals surface area contributed by atoms with Crippen molar-refractivity contribution in [3.8, 4) is 0 Å². The summed E-state index contributed by atoms with van der Waals surface area (Å²) in [5.74, 6) is -1.74. The Bertz CT molecular complexity index is 489. The fourth-order valence-corrected chi connectivity index (χ4v) is 3.63. The Morgan fingerprint density at radius 2 is 2.11 bits per heavy atom. The number of carboxylic acid groups (broad SMARTS) is 1. The van der Waals surface area contributed by atoms with Crippen LogP contribution in [-0.4, -0.2) is 23.0 Å². The number of nitrogens with one attached hydrogen (secondary N) is 1. The Balaban J connectivity index is 2.07. The van der Waals surface area contributed by atoms with E-state index in [0.717, 1.165) is 17.8 Å². The van der Waals surface area contributed by atoms with Crippen molar-refractivity contribution in [1.29, 1.82) is 0 Å². The molecular weight excluding hydrogens is 297 g/mol. The maximum Gasteiger partial charge on any atom is 0.308 e. The molecule has 1 aliphatic carbocycles. The number of amides is 1. The van der Waals surface area contributed by atoms with Gasteiger partial charge in [-0.15, -0.1) is 11.3 Å². The number of hydrogen-bond donors (Lipinski definition) is 2. The monoisotopic (exact) mass is 307 g/mol. The van der Waals surface area contributed by atoms with Gasteiger partial charge in [-0.25, -0.2) is 0 Å². The molecule has 7 heteroatoms. The van der Waals surface area contributed by atoms with Crippen LogP contribution in [0, 0.1) is 5.92 Å². The van der Waals surface area contributed by atoms with Gasteiger partial charge in [0.05, 0.1) is 15.8 Å². The zero-order valence-corrected chi connectivity index (χ0v) is 11.6. The van der Waals surface area contributed by atoms with Crippen LogP contribution < -0.4 is 5.32 Å². The van der Waals surface area contributed by atoms with E-state index >= 15 is 0 Å². The van der Waals surface area contributed by atoms with Gasteiger partial charge in [0.25, 0.3) is 5.91 Å². The topological polar surface area (TPSA) is 66.4 Å². The molecule has 4 nitrogen and oxygen atoms in total. The molecule has 0 bridgehead atoms. The lowest BCUT2D eigenvalue weighted by molar-refractivity contribution is -0.142. The molecule has 0 saturated heterocycles. The molecular formula is C11H11Cl2NO3S. The summed E-state index contributed by atoms with van der Waals surface area (Å²) >= 11 is 12.8. The number of aliphatic carboxylic acids is 1. The lowest BCUT2D eigenvalue weighted by atomic mass is 10.0. The third kappa shape index (κ3) is 2.79.